The van der Waals surface area contributed by atoms with Crippen molar-refractivity contribution in [1.29, 1.82) is 0 Å². The molecule has 0 atom stereocenters. The van der Waals surface area contributed by atoms with Crippen molar-refractivity contribution in [3.05, 3.63) is 42.2 Å². The summed E-state index contributed by atoms with van der Waals surface area (Å²) in [5.74, 6) is 0.169. The summed E-state index contributed by atoms with van der Waals surface area (Å²) in [5, 5.41) is 10.7. The van der Waals surface area contributed by atoms with Crippen molar-refractivity contribution in [3.8, 4) is 0 Å². The third-order valence-corrected chi connectivity index (χ3v) is 3.95. The van der Waals surface area contributed by atoms with Gasteiger partial charge in [-0.2, -0.15) is 0 Å². The number of nitrogens with one attached hydrogen (secondary N) is 2. The van der Waals surface area contributed by atoms with Gasteiger partial charge in [-0.15, -0.1) is 10.2 Å². The molecule has 0 unspecified atom stereocenters. The van der Waals surface area contributed by atoms with E-state index in [9.17, 15) is 12.8 Å². The summed E-state index contributed by atoms with van der Waals surface area (Å²) in [6.07, 6.45) is 0.945. The van der Waals surface area contributed by atoms with Gasteiger partial charge in [0.05, 0.1) is 4.90 Å². The van der Waals surface area contributed by atoms with Crippen LogP contribution in [0.4, 0.5) is 16.0 Å². The molecule has 0 bridgehead atoms. The number of hydrogen-bond donors (Lipinski definition) is 2. The molecule has 112 valence electrons. The lowest BCUT2D eigenvalue weighted by Crippen LogP contribution is -2.14. The Morgan fingerprint density at radius 1 is 1.05 bits per heavy atom. The van der Waals surface area contributed by atoms with Crippen molar-refractivity contribution < 1.29 is 12.8 Å². The lowest BCUT2D eigenvalue weighted by Gasteiger charge is -2.07. The standard InChI is InChI=1S/C13H15FN4O2S/c1-2-9-15-12-7-8-13(17-16-12)18-21(19,20)11-5-3-10(14)4-6-11/h3-8H,2,9H2,1H3,(H,15,16)(H,17,18). The predicted octanol–water partition coefficient (Wildman–Crippen LogP) is 2.24. The Morgan fingerprint density at radius 2 is 1.67 bits per heavy atom. The molecule has 21 heavy (non-hydrogen) atoms. The van der Waals surface area contributed by atoms with Crippen LogP contribution in [0.3, 0.4) is 0 Å². The molecule has 1 heterocycles. The van der Waals surface area contributed by atoms with Crippen molar-refractivity contribution in [1.82, 2.24) is 10.2 Å². The highest BCUT2D eigenvalue weighted by Crippen LogP contribution is 2.15. The summed E-state index contributed by atoms with van der Waals surface area (Å²) in [4.78, 5) is -0.0427. The Kier molecular flexibility index (Phi) is 4.69. The maximum Gasteiger partial charge on any atom is 0.263 e. The Hall–Kier alpha value is -2.22. The molecule has 0 aliphatic carbocycles. The minimum Gasteiger partial charge on any atom is -0.369 e. The lowest BCUT2D eigenvalue weighted by atomic mass is 10.4. The monoisotopic (exact) mass is 310 g/mol. The molecule has 8 heteroatoms. The summed E-state index contributed by atoms with van der Waals surface area (Å²) in [5.41, 5.74) is 0. The van der Waals surface area contributed by atoms with Crippen LogP contribution < -0.4 is 10.0 Å². The quantitative estimate of drug-likeness (QED) is 0.855. The van der Waals surface area contributed by atoms with Crippen molar-refractivity contribution in [2.24, 2.45) is 0 Å². The molecule has 0 fully saturated rings. The zero-order chi connectivity index (χ0) is 15.3. The van der Waals surface area contributed by atoms with Gasteiger partial charge in [0, 0.05) is 6.54 Å². The molecule has 0 amide bonds. The van der Waals surface area contributed by atoms with Crippen molar-refractivity contribution in [2.75, 3.05) is 16.6 Å². The normalized spacial score (nSPS) is 11.1. The van der Waals surface area contributed by atoms with Gasteiger partial charge in [-0.25, -0.2) is 12.8 Å². The van der Waals surface area contributed by atoms with Crippen LogP contribution in [0.1, 0.15) is 13.3 Å². The number of sulfonamides is 1. The number of rotatable bonds is 6. The highest BCUT2D eigenvalue weighted by Gasteiger charge is 2.15. The average Bonchev–Trinajstić information content (AvgIpc) is 2.47. The first-order chi connectivity index (χ1) is 10.0. The molecule has 0 saturated carbocycles. The predicted molar refractivity (Wildman–Crippen MR) is 78.0 cm³/mol. The second-order valence-electron chi connectivity index (χ2n) is 4.29. The molecule has 6 nitrogen and oxygen atoms in total. The van der Waals surface area contributed by atoms with E-state index in [0.717, 1.165) is 25.1 Å². The third kappa shape index (κ3) is 4.12. The summed E-state index contributed by atoms with van der Waals surface area (Å²) in [6.45, 7) is 2.78. The zero-order valence-corrected chi connectivity index (χ0v) is 12.2. The van der Waals surface area contributed by atoms with Crippen LogP contribution in [-0.2, 0) is 10.0 Å². The topological polar surface area (TPSA) is 84.0 Å². The van der Waals surface area contributed by atoms with Crippen LogP contribution in [0.5, 0.6) is 0 Å². The molecular weight excluding hydrogens is 295 g/mol. The first-order valence-electron chi connectivity index (χ1n) is 6.37. The van der Waals surface area contributed by atoms with Crippen molar-refractivity contribution in [2.45, 2.75) is 18.2 Å². The van der Waals surface area contributed by atoms with Gasteiger partial charge >= 0.3 is 0 Å². The van der Waals surface area contributed by atoms with Crippen LogP contribution in [0.2, 0.25) is 0 Å². The molecule has 1 aromatic carbocycles. The molecule has 0 spiro atoms. The van der Waals surface area contributed by atoms with Gasteiger partial charge in [-0.05, 0) is 42.8 Å². The maximum atomic E-state index is 12.8. The summed E-state index contributed by atoms with van der Waals surface area (Å²) < 4.78 is 39.2. The SMILES string of the molecule is CCCNc1ccc(NS(=O)(=O)c2ccc(F)cc2)nn1. The van der Waals surface area contributed by atoms with E-state index in [2.05, 4.69) is 20.2 Å². The van der Waals surface area contributed by atoms with Crippen molar-refractivity contribution >= 4 is 21.7 Å². The van der Waals surface area contributed by atoms with E-state index in [-0.39, 0.29) is 10.7 Å². The van der Waals surface area contributed by atoms with Gasteiger partial charge in [0.1, 0.15) is 11.6 Å². The smallest absolute Gasteiger partial charge is 0.263 e. The number of anilines is 2. The molecule has 0 radical (unpaired) electrons. The van der Waals surface area contributed by atoms with Gasteiger partial charge in [0.2, 0.25) is 0 Å². The minimum absolute atomic E-state index is 0.0427. The summed E-state index contributed by atoms with van der Waals surface area (Å²) in [6, 6.07) is 7.66. The molecule has 2 N–H and O–H groups in total. The molecule has 0 saturated heterocycles. The van der Waals surface area contributed by atoms with E-state index in [0.29, 0.717) is 5.82 Å². The number of halogens is 1. The van der Waals surface area contributed by atoms with Gasteiger partial charge < -0.3 is 5.32 Å². The third-order valence-electron chi connectivity index (χ3n) is 2.58. The fourth-order valence-electron chi connectivity index (χ4n) is 1.54. The number of benzene rings is 1. The Labute approximate surface area is 122 Å². The molecular formula is C13H15FN4O2S. The number of aromatic nitrogens is 2. The van der Waals surface area contributed by atoms with Crippen LogP contribution in [0.15, 0.2) is 41.3 Å². The first-order valence-corrected chi connectivity index (χ1v) is 7.85. The Morgan fingerprint density at radius 3 is 2.24 bits per heavy atom. The van der Waals surface area contributed by atoms with Crippen LogP contribution in [0.25, 0.3) is 0 Å². The second kappa shape index (κ2) is 6.49. The lowest BCUT2D eigenvalue weighted by molar-refractivity contribution is 0.599. The zero-order valence-electron chi connectivity index (χ0n) is 11.4. The first kappa shape index (κ1) is 15.2. The van der Waals surface area contributed by atoms with Gasteiger partial charge in [0.25, 0.3) is 10.0 Å². The molecule has 0 aliphatic rings. The van der Waals surface area contributed by atoms with Gasteiger partial charge in [0.15, 0.2) is 5.82 Å². The van der Waals surface area contributed by atoms with E-state index in [1.54, 1.807) is 6.07 Å². The summed E-state index contributed by atoms with van der Waals surface area (Å²) >= 11 is 0. The Bertz CT molecular complexity index is 687. The number of hydrogen-bond acceptors (Lipinski definition) is 5. The largest absolute Gasteiger partial charge is 0.369 e. The number of nitrogens with zero attached hydrogens (tertiary/aromatic N) is 2. The minimum atomic E-state index is -3.80. The molecule has 2 aromatic rings. The van der Waals surface area contributed by atoms with E-state index < -0.39 is 15.8 Å². The Balaban J connectivity index is 2.11. The van der Waals surface area contributed by atoms with E-state index in [1.165, 1.54) is 18.2 Å². The van der Waals surface area contributed by atoms with E-state index in [4.69, 9.17) is 0 Å². The summed E-state index contributed by atoms with van der Waals surface area (Å²) in [7, 11) is -3.80. The van der Waals surface area contributed by atoms with Crippen LogP contribution in [-0.4, -0.2) is 25.2 Å². The highest BCUT2D eigenvalue weighted by atomic mass is 32.2. The van der Waals surface area contributed by atoms with Crippen LogP contribution in [0, 0.1) is 5.82 Å². The van der Waals surface area contributed by atoms with Crippen LogP contribution >= 0.6 is 0 Å². The molecule has 0 aliphatic heterocycles. The van der Waals surface area contributed by atoms with Crippen molar-refractivity contribution in [3.63, 3.8) is 0 Å². The molecule has 1 aromatic heterocycles. The maximum absolute atomic E-state index is 12.8. The van der Waals surface area contributed by atoms with Gasteiger partial charge in [-0.3, -0.25) is 4.72 Å². The molecule has 2 rings (SSSR count). The van der Waals surface area contributed by atoms with E-state index >= 15 is 0 Å². The average molecular weight is 310 g/mol. The fraction of sp³-hybridized carbons (Fsp3) is 0.231. The fourth-order valence-corrected chi connectivity index (χ4v) is 2.54. The highest BCUT2D eigenvalue weighted by molar-refractivity contribution is 7.92. The van der Waals surface area contributed by atoms with E-state index in [1.807, 2.05) is 6.92 Å². The second-order valence-corrected chi connectivity index (χ2v) is 5.97. The van der Waals surface area contributed by atoms with Gasteiger partial charge in [-0.1, -0.05) is 6.92 Å².